The third-order valence-corrected chi connectivity index (χ3v) is 5.11. The average Bonchev–Trinajstić information content (AvgIpc) is 2.44. The molecule has 9 heteroatoms. The number of hydrogen-bond donors (Lipinski definition) is 0. The lowest BCUT2D eigenvalue weighted by molar-refractivity contribution is -0.316. The van der Waals surface area contributed by atoms with Crippen molar-refractivity contribution in [2.24, 2.45) is 0 Å². The van der Waals surface area contributed by atoms with Gasteiger partial charge in [-0.25, -0.2) is 9.37 Å². The summed E-state index contributed by atoms with van der Waals surface area (Å²) >= 11 is 8.75. The monoisotopic (exact) mass is 407 g/mol. The number of halogens is 3. The molecule has 0 fully saturated rings. The summed E-state index contributed by atoms with van der Waals surface area (Å²) in [6.45, 7) is 3.34. The Hall–Kier alpha value is -1.51. The average molecular weight is 409 g/mol. The number of aromatic nitrogens is 1. The van der Waals surface area contributed by atoms with Gasteiger partial charge in [-0.05, 0) is 34.1 Å². The van der Waals surface area contributed by atoms with Crippen LogP contribution in [0, 0.1) is 5.82 Å². The van der Waals surface area contributed by atoms with E-state index in [9.17, 15) is 12.8 Å². The maximum Gasteiger partial charge on any atom is 0.395 e. The van der Waals surface area contributed by atoms with Crippen LogP contribution in [0.5, 0.6) is 11.6 Å². The van der Waals surface area contributed by atoms with Crippen molar-refractivity contribution in [2.45, 2.75) is 4.90 Å². The highest BCUT2D eigenvalue weighted by molar-refractivity contribution is 9.10. The van der Waals surface area contributed by atoms with Crippen molar-refractivity contribution in [3.63, 3.8) is 0 Å². The van der Waals surface area contributed by atoms with E-state index < -0.39 is 15.8 Å². The van der Waals surface area contributed by atoms with E-state index in [2.05, 4.69) is 27.6 Å². The van der Waals surface area contributed by atoms with E-state index in [0.29, 0.717) is 4.47 Å². The van der Waals surface area contributed by atoms with E-state index in [0.717, 1.165) is 16.2 Å². The van der Waals surface area contributed by atoms with E-state index >= 15 is 0 Å². The van der Waals surface area contributed by atoms with Gasteiger partial charge in [0.15, 0.2) is 11.9 Å². The summed E-state index contributed by atoms with van der Waals surface area (Å²) < 4.78 is 43.7. The van der Waals surface area contributed by atoms with Crippen molar-refractivity contribution < 1.29 is 21.5 Å². The van der Waals surface area contributed by atoms with Crippen LogP contribution in [-0.2, 0) is 10.0 Å². The third kappa shape index (κ3) is 3.45. The molecule has 1 aromatic heterocycles. The lowest BCUT2D eigenvalue weighted by Gasteiger charge is -2.08. The summed E-state index contributed by atoms with van der Waals surface area (Å²) in [5, 5.41) is -0.0284. The highest BCUT2D eigenvalue weighted by atomic mass is 79.9. The Bertz CT molecular complexity index is 858. The van der Waals surface area contributed by atoms with Crippen LogP contribution in [0.2, 0.25) is 5.02 Å². The molecule has 5 nitrogen and oxygen atoms in total. The second-order valence-electron chi connectivity index (χ2n) is 4.24. The van der Waals surface area contributed by atoms with E-state index in [1.54, 1.807) is 0 Å². The predicted octanol–water partition coefficient (Wildman–Crippen LogP) is 3.46. The van der Waals surface area contributed by atoms with E-state index in [1.165, 1.54) is 25.2 Å². The molecule has 0 N–H and O–H groups in total. The third-order valence-electron chi connectivity index (χ3n) is 2.60. The Labute approximate surface area is 140 Å². The standard InChI is InChI=1S/C13H10BrClFN2O3S/c1-18(2)22(19,20)9-6-10(14)13(17-7-9)21-8-3-4-11(15)12(16)5-8/h3-7H,1H2,2H3/q+1. The molecule has 0 saturated heterocycles. The number of benzene rings is 1. The van der Waals surface area contributed by atoms with Gasteiger partial charge in [0, 0.05) is 6.07 Å². The fourth-order valence-electron chi connectivity index (χ4n) is 1.46. The molecule has 1 aromatic carbocycles. The molecule has 0 aliphatic carbocycles. The molecule has 0 amide bonds. The van der Waals surface area contributed by atoms with Crippen LogP contribution in [0.3, 0.4) is 0 Å². The molecule has 116 valence electrons. The largest absolute Gasteiger partial charge is 0.438 e. The zero-order valence-corrected chi connectivity index (χ0v) is 14.4. The van der Waals surface area contributed by atoms with Gasteiger partial charge in [-0.15, -0.1) is 3.98 Å². The van der Waals surface area contributed by atoms with Gasteiger partial charge in [0.25, 0.3) is 0 Å². The van der Waals surface area contributed by atoms with E-state index in [-0.39, 0.29) is 21.5 Å². The summed E-state index contributed by atoms with van der Waals surface area (Å²) in [6, 6.07) is 5.24. The van der Waals surface area contributed by atoms with Crippen LogP contribution in [-0.4, -0.2) is 31.1 Å². The van der Waals surface area contributed by atoms with Crippen molar-refractivity contribution in [3.8, 4) is 11.6 Å². The predicted molar refractivity (Wildman–Crippen MR) is 83.9 cm³/mol. The molecule has 0 radical (unpaired) electrons. The molecule has 2 rings (SSSR count). The van der Waals surface area contributed by atoms with Crippen LogP contribution in [0.25, 0.3) is 0 Å². The van der Waals surface area contributed by atoms with Gasteiger partial charge in [0.1, 0.15) is 18.3 Å². The fourth-order valence-corrected chi connectivity index (χ4v) is 2.97. The van der Waals surface area contributed by atoms with Gasteiger partial charge in [-0.2, -0.15) is 8.42 Å². The molecule has 22 heavy (non-hydrogen) atoms. The number of ether oxygens (including phenoxy) is 1. The topological polar surface area (TPSA) is 59.3 Å². The van der Waals surface area contributed by atoms with Gasteiger partial charge in [-0.3, -0.25) is 0 Å². The van der Waals surface area contributed by atoms with Crippen LogP contribution in [0.1, 0.15) is 0 Å². The second kappa shape index (κ2) is 6.31. The molecule has 0 saturated carbocycles. The first kappa shape index (κ1) is 16.9. The molecule has 0 aliphatic rings. The first-order chi connectivity index (χ1) is 10.2. The SMILES string of the molecule is C=[N+](C)S(=O)(=O)c1cnc(Oc2ccc(Cl)c(F)c2)c(Br)c1. The fraction of sp³-hybridized carbons (Fsp3) is 0.0769. The van der Waals surface area contributed by atoms with Crippen molar-refractivity contribution in [3.05, 3.63) is 45.8 Å². The number of hydrogen-bond acceptors (Lipinski definition) is 4. The van der Waals surface area contributed by atoms with Gasteiger partial charge < -0.3 is 4.74 Å². The van der Waals surface area contributed by atoms with Gasteiger partial charge in [0.05, 0.1) is 15.7 Å². The van der Waals surface area contributed by atoms with Crippen molar-refractivity contribution >= 4 is 44.3 Å². The maximum absolute atomic E-state index is 13.4. The molecule has 0 spiro atoms. The highest BCUT2D eigenvalue weighted by Gasteiger charge is 2.24. The molecule has 0 atom stereocenters. The van der Waals surface area contributed by atoms with E-state index in [1.807, 2.05) is 0 Å². The Morgan fingerprint density at radius 3 is 2.64 bits per heavy atom. The number of rotatable bonds is 4. The second-order valence-corrected chi connectivity index (χ2v) is 7.55. The Balaban J connectivity index is 2.34. The summed E-state index contributed by atoms with van der Waals surface area (Å²) in [4.78, 5) is 3.87. The maximum atomic E-state index is 13.4. The number of sulfonamides is 1. The highest BCUT2D eigenvalue weighted by Crippen LogP contribution is 2.30. The number of pyridine rings is 1. The first-order valence-electron chi connectivity index (χ1n) is 5.79. The van der Waals surface area contributed by atoms with Crippen LogP contribution in [0.4, 0.5) is 4.39 Å². The minimum atomic E-state index is -3.70. The summed E-state index contributed by atoms with van der Waals surface area (Å²) in [5.41, 5.74) is 0. The molecule has 2 aromatic rings. The van der Waals surface area contributed by atoms with Crippen molar-refractivity contribution in [1.29, 1.82) is 0 Å². The number of nitrogens with zero attached hydrogens (tertiary/aromatic N) is 2. The molecular weight excluding hydrogens is 399 g/mol. The van der Waals surface area contributed by atoms with Crippen LogP contribution >= 0.6 is 27.5 Å². The van der Waals surface area contributed by atoms with Crippen molar-refractivity contribution in [2.75, 3.05) is 7.05 Å². The first-order valence-corrected chi connectivity index (χ1v) is 8.41. The summed E-state index contributed by atoms with van der Waals surface area (Å²) in [7, 11) is -2.39. The minimum absolute atomic E-state index is 0.0284. The summed E-state index contributed by atoms with van der Waals surface area (Å²) in [6.07, 6.45) is 1.13. The zero-order chi connectivity index (χ0) is 16.5. The van der Waals surface area contributed by atoms with Gasteiger partial charge in [0.2, 0.25) is 5.88 Å². The summed E-state index contributed by atoms with van der Waals surface area (Å²) in [5.74, 6) is -0.361. The Morgan fingerprint density at radius 1 is 1.41 bits per heavy atom. The Kier molecular flexibility index (Phi) is 4.84. The van der Waals surface area contributed by atoms with Crippen LogP contribution in [0.15, 0.2) is 39.8 Å². The van der Waals surface area contributed by atoms with Gasteiger partial charge in [-0.1, -0.05) is 11.6 Å². The van der Waals surface area contributed by atoms with Crippen molar-refractivity contribution in [1.82, 2.24) is 4.98 Å². The lowest BCUT2D eigenvalue weighted by atomic mass is 10.3. The van der Waals surface area contributed by atoms with Crippen LogP contribution < -0.4 is 4.74 Å². The molecule has 0 bridgehead atoms. The lowest BCUT2D eigenvalue weighted by Crippen LogP contribution is -2.15. The molecule has 0 aliphatic heterocycles. The van der Waals surface area contributed by atoms with Gasteiger partial charge >= 0.3 is 10.0 Å². The smallest absolute Gasteiger partial charge is 0.395 e. The van der Waals surface area contributed by atoms with E-state index in [4.69, 9.17) is 16.3 Å². The Morgan fingerprint density at radius 2 is 2.09 bits per heavy atom. The molecule has 1 heterocycles. The molecule has 0 unspecified atom stereocenters. The minimum Gasteiger partial charge on any atom is -0.438 e. The zero-order valence-electron chi connectivity index (χ0n) is 11.3. The normalized spacial score (nSPS) is 11.3. The quantitative estimate of drug-likeness (QED) is 0.574. The molecular formula is C13H10BrClFN2O3S+.